The van der Waals surface area contributed by atoms with Crippen molar-refractivity contribution in [3.63, 3.8) is 0 Å². The molecule has 0 spiro atoms. The topological polar surface area (TPSA) is 46.2 Å². The van der Waals surface area contributed by atoms with Crippen LogP contribution < -0.4 is 14.2 Å². The lowest BCUT2D eigenvalue weighted by molar-refractivity contribution is -0.230. The Morgan fingerprint density at radius 3 is 2.14 bits per heavy atom. The Kier molecular flexibility index (Phi) is 11.0. The first-order valence-corrected chi connectivity index (χ1v) is 14.0. The molecule has 1 saturated heterocycles. The highest BCUT2D eigenvalue weighted by molar-refractivity contribution is 5.37. The summed E-state index contributed by atoms with van der Waals surface area (Å²) in [4.78, 5) is 0. The number of ether oxygens (including phenoxy) is 5. The Balaban J connectivity index is 1.27. The van der Waals surface area contributed by atoms with E-state index in [9.17, 15) is 30.7 Å². The van der Waals surface area contributed by atoms with Crippen molar-refractivity contribution in [3.05, 3.63) is 65.7 Å². The Morgan fingerprint density at radius 1 is 0.905 bits per heavy atom. The highest BCUT2D eigenvalue weighted by Gasteiger charge is 2.38. The molecule has 0 bridgehead atoms. The third kappa shape index (κ3) is 8.53. The summed E-state index contributed by atoms with van der Waals surface area (Å²) in [6.07, 6.45) is -0.188. The SMILES string of the molecule is CCCCC1COC(C2CCC(COc3ccc(C(F)(F)Oc4cc(F)c(OC=C(F)F)c(F)c4)c(F)c3)CC2)OC1. The normalized spacial score (nSPS) is 22.9. The Bertz CT molecular complexity index is 1180. The van der Waals surface area contributed by atoms with Crippen LogP contribution in [-0.4, -0.2) is 26.1 Å². The number of halogens is 7. The fourth-order valence-corrected chi connectivity index (χ4v) is 5.17. The molecule has 1 heterocycles. The molecule has 0 unspecified atom stereocenters. The average molecular weight is 607 g/mol. The Labute approximate surface area is 239 Å². The van der Waals surface area contributed by atoms with Gasteiger partial charge >= 0.3 is 12.2 Å². The molecule has 1 aliphatic carbocycles. The van der Waals surface area contributed by atoms with Gasteiger partial charge in [-0.15, -0.1) is 0 Å². The molecule has 0 radical (unpaired) electrons. The van der Waals surface area contributed by atoms with Crippen LogP contribution in [0, 0.1) is 35.2 Å². The van der Waals surface area contributed by atoms with Gasteiger partial charge in [-0.05, 0) is 50.2 Å². The number of benzene rings is 2. The molecule has 0 amide bonds. The van der Waals surface area contributed by atoms with E-state index in [-0.39, 0.29) is 30.8 Å². The maximum atomic E-state index is 14.7. The van der Waals surface area contributed by atoms with Crippen molar-refractivity contribution in [1.82, 2.24) is 0 Å². The monoisotopic (exact) mass is 606 g/mol. The minimum absolute atomic E-state index is 0.0398. The molecule has 232 valence electrons. The van der Waals surface area contributed by atoms with Gasteiger partial charge in [0.15, 0.2) is 29.9 Å². The minimum Gasteiger partial charge on any atom is -0.493 e. The van der Waals surface area contributed by atoms with Crippen LogP contribution in [0.2, 0.25) is 0 Å². The van der Waals surface area contributed by atoms with E-state index in [0.717, 1.165) is 76.4 Å². The molecule has 12 heteroatoms. The zero-order chi connectivity index (χ0) is 30.3. The van der Waals surface area contributed by atoms with Crippen molar-refractivity contribution >= 4 is 0 Å². The Hall–Kier alpha value is -2.99. The summed E-state index contributed by atoms with van der Waals surface area (Å²) in [5.41, 5.74) is -1.19. The molecular formula is C30H33F7O5. The molecule has 2 fully saturated rings. The summed E-state index contributed by atoms with van der Waals surface area (Å²) < 4.78 is 122. The lowest BCUT2D eigenvalue weighted by Gasteiger charge is -2.37. The summed E-state index contributed by atoms with van der Waals surface area (Å²) in [5.74, 6) is -5.78. The standard InChI is InChI=1S/C30H33F7O5/c1-2-3-4-19-15-40-29(41-16-19)20-7-5-18(6-8-20)14-38-21-9-10-23(24(31)11-21)30(36,37)42-22-12-25(32)28(26(33)13-22)39-17-27(34)35/h9-13,17-20,29H,2-8,14-16H2,1H3. The van der Waals surface area contributed by atoms with Gasteiger partial charge in [0.1, 0.15) is 22.9 Å². The number of alkyl halides is 2. The molecule has 2 aromatic carbocycles. The summed E-state index contributed by atoms with van der Waals surface area (Å²) in [5, 5.41) is 0. The van der Waals surface area contributed by atoms with Gasteiger partial charge in [0, 0.05) is 30.0 Å². The van der Waals surface area contributed by atoms with Crippen LogP contribution in [0.1, 0.15) is 57.4 Å². The third-order valence-corrected chi connectivity index (χ3v) is 7.46. The van der Waals surface area contributed by atoms with Crippen molar-refractivity contribution in [2.45, 2.75) is 64.3 Å². The highest BCUT2D eigenvalue weighted by Crippen LogP contribution is 2.38. The van der Waals surface area contributed by atoms with Crippen LogP contribution in [0.15, 0.2) is 42.7 Å². The minimum atomic E-state index is -4.33. The van der Waals surface area contributed by atoms with Gasteiger partial charge in [0.05, 0.1) is 19.8 Å². The van der Waals surface area contributed by atoms with Crippen molar-refractivity contribution in [2.24, 2.45) is 17.8 Å². The lowest BCUT2D eigenvalue weighted by Crippen LogP contribution is -2.38. The van der Waals surface area contributed by atoms with Crippen LogP contribution in [0.4, 0.5) is 30.7 Å². The highest BCUT2D eigenvalue weighted by atomic mass is 19.3. The molecule has 0 aromatic heterocycles. The molecule has 4 rings (SSSR count). The van der Waals surface area contributed by atoms with E-state index < -0.39 is 46.7 Å². The molecule has 1 saturated carbocycles. The van der Waals surface area contributed by atoms with Gasteiger partial charge in [-0.25, -0.2) is 13.2 Å². The summed E-state index contributed by atoms with van der Waals surface area (Å²) >= 11 is 0. The van der Waals surface area contributed by atoms with E-state index >= 15 is 0 Å². The van der Waals surface area contributed by atoms with Crippen LogP contribution >= 0.6 is 0 Å². The molecule has 1 aliphatic heterocycles. The second kappa shape index (κ2) is 14.5. The van der Waals surface area contributed by atoms with Gasteiger partial charge < -0.3 is 23.7 Å². The van der Waals surface area contributed by atoms with E-state index in [1.165, 1.54) is 0 Å². The van der Waals surface area contributed by atoms with Crippen LogP contribution in [0.25, 0.3) is 0 Å². The van der Waals surface area contributed by atoms with Crippen LogP contribution in [-0.2, 0) is 15.6 Å². The number of hydrogen-bond donors (Lipinski definition) is 0. The first kappa shape index (κ1) is 31.9. The van der Waals surface area contributed by atoms with Crippen LogP contribution in [0.3, 0.4) is 0 Å². The van der Waals surface area contributed by atoms with Crippen molar-refractivity contribution in [1.29, 1.82) is 0 Å². The predicted molar refractivity (Wildman–Crippen MR) is 138 cm³/mol. The zero-order valence-corrected chi connectivity index (χ0v) is 23.0. The van der Waals surface area contributed by atoms with Gasteiger partial charge in [0.2, 0.25) is 0 Å². The molecule has 2 aromatic rings. The number of unbranched alkanes of at least 4 members (excludes halogenated alkanes) is 1. The van der Waals surface area contributed by atoms with Gasteiger partial charge in [0.25, 0.3) is 0 Å². The quantitative estimate of drug-likeness (QED) is 0.179. The maximum Gasteiger partial charge on any atom is 0.429 e. The molecule has 0 N–H and O–H groups in total. The van der Waals surface area contributed by atoms with Crippen molar-refractivity contribution in [3.8, 4) is 17.2 Å². The lowest BCUT2D eigenvalue weighted by atomic mass is 9.82. The van der Waals surface area contributed by atoms with Gasteiger partial charge in [-0.2, -0.15) is 17.6 Å². The fourth-order valence-electron chi connectivity index (χ4n) is 5.17. The fraction of sp³-hybridized carbons (Fsp3) is 0.533. The first-order valence-electron chi connectivity index (χ1n) is 14.0. The van der Waals surface area contributed by atoms with E-state index in [1.54, 1.807) is 0 Å². The molecule has 5 nitrogen and oxygen atoms in total. The largest absolute Gasteiger partial charge is 0.493 e. The molecule has 2 aliphatic rings. The average Bonchev–Trinajstić information content (AvgIpc) is 2.94. The summed E-state index contributed by atoms with van der Waals surface area (Å²) in [7, 11) is 0. The smallest absolute Gasteiger partial charge is 0.429 e. The number of rotatable bonds is 12. The first-order chi connectivity index (χ1) is 20.1. The number of hydrogen-bond acceptors (Lipinski definition) is 5. The second-order valence-corrected chi connectivity index (χ2v) is 10.6. The van der Waals surface area contributed by atoms with E-state index in [2.05, 4.69) is 16.4 Å². The van der Waals surface area contributed by atoms with Crippen molar-refractivity contribution in [2.75, 3.05) is 19.8 Å². The zero-order valence-electron chi connectivity index (χ0n) is 23.0. The molecular weight excluding hydrogens is 573 g/mol. The molecule has 42 heavy (non-hydrogen) atoms. The van der Waals surface area contributed by atoms with Gasteiger partial charge in [-0.3, -0.25) is 0 Å². The molecule has 0 atom stereocenters. The predicted octanol–water partition coefficient (Wildman–Crippen LogP) is 8.71. The third-order valence-electron chi connectivity index (χ3n) is 7.46. The summed E-state index contributed by atoms with van der Waals surface area (Å²) in [6.45, 7) is 3.87. The van der Waals surface area contributed by atoms with E-state index in [0.29, 0.717) is 24.0 Å². The second-order valence-electron chi connectivity index (χ2n) is 10.6. The van der Waals surface area contributed by atoms with E-state index in [1.807, 2.05) is 0 Å². The van der Waals surface area contributed by atoms with Crippen LogP contribution in [0.5, 0.6) is 17.2 Å². The summed E-state index contributed by atoms with van der Waals surface area (Å²) in [6, 6.07) is 3.30. The maximum absolute atomic E-state index is 14.7. The van der Waals surface area contributed by atoms with Gasteiger partial charge in [-0.1, -0.05) is 19.8 Å². The van der Waals surface area contributed by atoms with Crippen molar-refractivity contribution < 1.29 is 54.4 Å². The Morgan fingerprint density at radius 2 is 1.55 bits per heavy atom. The van der Waals surface area contributed by atoms with E-state index in [4.69, 9.17) is 14.2 Å².